The van der Waals surface area contributed by atoms with Gasteiger partial charge in [-0.1, -0.05) is 0 Å². The number of benzene rings is 1. The van der Waals surface area contributed by atoms with E-state index in [2.05, 4.69) is 4.98 Å². The Labute approximate surface area is 67.1 Å². The van der Waals surface area contributed by atoms with Crippen LogP contribution in [-0.2, 0) is 0 Å². The van der Waals surface area contributed by atoms with Crippen LogP contribution in [0.15, 0.2) is 17.6 Å². The molecule has 0 bridgehead atoms. The van der Waals surface area contributed by atoms with E-state index in [1.807, 2.05) is 0 Å². The molecule has 2 rings (SSSR count). The fourth-order valence-electron chi connectivity index (χ4n) is 0.929. The summed E-state index contributed by atoms with van der Waals surface area (Å²) >= 11 is 1.39. The zero-order valence-corrected chi connectivity index (χ0v) is 6.43. The zero-order valence-electron chi connectivity index (χ0n) is 5.61. The summed E-state index contributed by atoms with van der Waals surface area (Å²) in [5.41, 5.74) is 8.36. The van der Waals surface area contributed by atoms with Crippen molar-refractivity contribution >= 4 is 27.2 Å². The Bertz CT molecular complexity index is 396. The number of hydrogen-bond donors (Lipinski definition) is 2. The second-order valence-corrected chi connectivity index (χ2v) is 3.06. The Morgan fingerprint density at radius 2 is 2.27 bits per heavy atom. The molecule has 2 aromatic rings. The molecule has 0 aliphatic rings. The molecule has 0 atom stereocenters. The van der Waals surface area contributed by atoms with E-state index >= 15 is 0 Å². The summed E-state index contributed by atoms with van der Waals surface area (Å²) < 4.78 is 0.755. The Morgan fingerprint density at radius 1 is 1.45 bits per heavy atom. The maximum atomic E-state index is 9.39. The van der Waals surface area contributed by atoms with E-state index in [1.54, 1.807) is 17.6 Å². The van der Waals surface area contributed by atoms with Crippen molar-refractivity contribution in [1.82, 2.24) is 4.98 Å². The molecule has 1 heterocycles. The number of rotatable bonds is 0. The number of fused-ring (bicyclic) bond motifs is 1. The predicted octanol–water partition coefficient (Wildman–Crippen LogP) is 1.58. The van der Waals surface area contributed by atoms with Gasteiger partial charge in [-0.15, -0.1) is 11.3 Å². The van der Waals surface area contributed by atoms with E-state index in [1.165, 1.54) is 11.3 Å². The number of hydrogen-bond acceptors (Lipinski definition) is 4. The van der Waals surface area contributed by atoms with Crippen LogP contribution in [0.5, 0.6) is 5.75 Å². The van der Waals surface area contributed by atoms with E-state index in [0.717, 1.165) is 10.2 Å². The Kier molecular flexibility index (Phi) is 1.22. The van der Waals surface area contributed by atoms with Gasteiger partial charge in [-0.05, 0) is 12.1 Å². The first-order chi connectivity index (χ1) is 5.29. The highest BCUT2D eigenvalue weighted by atomic mass is 32.1. The third kappa shape index (κ3) is 0.832. The summed E-state index contributed by atoms with van der Waals surface area (Å²) in [5.74, 6) is 0.144. The molecule has 0 aliphatic heterocycles. The fraction of sp³-hybridized carbons (Fsp3) is 0. The lowest BCUT2D eigenvalue weighted by atomic mass is 10.3. The molecule has 0 radical (unpaired) electrons. The topological polar surface area (TPSA) is 59.1 Å². The van der Waals surface area contributed by atoms with Crippen molar-refractivity contribution in [1.29, 1.82) is 0 Å². The van der Waals surface area contributed by atoms with Crippen molar-refractivity contribution in [3.63, 3.8) is 0 Å². The summed E-state index contributed by atoms with van der Waals surface area (Å²) in [5, 5.41) is 9.39. The molecule has 1 aromatic heterocycles. The van der Waals surface area contributed by atoms with E-state index in [-0.39, 0.29) is 5.75 Å². The first-order valence-electron chi connectivity index (χ1n) is 3.09. The number of phenols is 1. The van der Waals surface area contributed by atoms with Gasteiger partial charge in [0.1, 0.15) is 0 Å². The predicted molar refractivity (Wildman–Crippen MR) is 45.7 cm³/mol. The summed E-state index contributed by atoms with van der Waals surface area (Å²) in [7, 11) is 0. The van der Waals surface area contributed by atoms with Gasteiger partial charge in [0.05, 0.1) is 21.4 Å². The SMILES string of the molecule is Nc1ccc2ncsc2c1O. The largest absolute Gasteiger partial charge is 0.504 e. The first kappa shape index (κ1) is 6.42. The van der Waals surface area contributed by atoms with Crippen LogP contribution in [0.1, 0.15) is 0 Å². The first-order valence-corrected chi connectivity index (χ1v) is 3.97. The third-order valence-electron chi connectivity index (χ3n) is 1.50. The number of aromatic hydroxyl groups is 1. The van der Waals surface area contributed by atoms with Crippen molar-refractivity contribution < 1.29 is 5.11 Å². The van der Waals surface area contributed by atoms with Crippen LogP contribution in [0, 0.1) is 0 Å². The molecule has 0 unspecified atom stereocenters. The molecule has 0 aliphatic carbocycles. The summed E-state index contributed by atoms with van der Waals surface area (Å²) in [6.45, 7) is 0. The summed E-state index contributed by atoms with van der Waals surface area (Å²) in [6, 6.07) is 3.44. The molecule has 0 saturated carbocycles. The molecule has 0 spiro atoms. The van der Waals surface area contributed by atoms with E-state index < -0.39 is 0 Å². The quantitative estimate of drug-likeness (QED) is 0.461. The second kappa shape index (κ2) is 2.10. The molecular weight excluding hydrogens is 160 g/mol. The van der Waals surface area contributed by atoms with Crippen molar-refractivity contribution in [3.05, 3.63) is 17.6 Å². The molecule has 11 heavy (non-hydrogen) atoms. The monoisotopic (exact) mass is 166 g/mol. The summed E-state index contributed by atoms with van der Waals surface area (Å²) in [4.78, 5) is 4.02. The maximum Gasteiger partial charge on any atom is 0.158 e. The van der Waals surface area contributed by atoms with Crippen LogP contribution in [0.4, 0.5) is 5.69 Å². The van der Waals surface area contributed by atoms with Gasteiger partial charge in [0.25, 0.3) is 0 Å². The lowest BCUT2D eigenvalue weighted by Gasteiger charge is -1.96. The maximum absolute atomic E-state index is 9.39. The van der Waals surface area contributed by atoms with Gasteiger partial charge in [0, 0.05) is 0 Å². The highest BCUT2D eigenvalue weighted by Crippen LogP contribution is 2.32. The van der Waals surface area contributed by atoms with Crippen LogP contribution in [0.2, 0.25) is 0 Å². The van der Waals surface area contributed by atoms with Gasteiger partial charge in [0.2, 0.25) is 0 Å². The lowest BCUT2D eigenvalue weighted by Crippen LogP contribution is -1.83. The second-order valence-electron chi connectivity index (χ2n) is 2.20. The van der Waals surface area contributed by atoms with Gasteiger partial charge >= 0.3 is 0 Å². The van der Waals surface area contributed by atoms with Crippen LogP contribution in [-0.4, -0.2) is 10.1 Å². The molecule has 0 saturated heterocycles. The number of nitrogens with two attached hydrogens (primary N) is 1. The summed E-state index contributed by atoms with van der Waals surface area (Å²) in [6.07, 6.45) is 0. The van der Waals surface area contributed by atoms with Crippen molar-refractivity contribution in [2.45, 2.75) is 0 Å². The van der Waals surface area contributed by atoms with Gasteiger partial charge in [-0.25, -0.2) is 4.98 Å². The molecule has 1 aromatic carbocycles. The molecule has 0 amide bonds. The molecule has 3 nitrogen and oxygen atoms in total. The number of aromatic nitrogens is 1. The van der Waals surface area contributed by atoms with Crippen LogP contribution in [0.25, 0.3) is 10.2 Å². The number of nitrogens with zero attached hydrogens (tertiary/aromatic N) is 1. The van der Waals surface area contributed by atoms with E-state index in [4.69, 9.17) is 5.73 Å². The molecule has 4 heteroatoms. The number of phenolic OH excluding ortho intramolecular Hbond substituents is 1. The van der Waals surface area contributed by atoms with Crippen molar-refractivity contribution in [3.8, 4) is 5.75 Å². The molecule has 0 fully saturated rings. The van der Waals surface area contributed by atoms with Gasteiger partial charge in [-0.3, -0.25) is 0 Å². The van der Waals surface area contributed by atoms with Crippen LogP contribution >= 0.6 is 11.3 Å². The van der Waals surface area contributed by atoms with Gasteiger partial charge in [0.15, 0.2) is 5.75 Å². The number of thiazole rings is 1. The Morgan fingerprint density at radius 3 is 3.09 bits per heavy atom. The Balaban J connectivity index is 2.93. The molecule has 3 N–H and O–H groups in total. The zero-order chi connectivity index (χ0) is 7.84. The van der Waals surface area contributed by atoms with E-state index in [0.29, 0.717) is 5.69 Å². The van der Waals surface area contributed by atoms with Crippen molar-refractivity contribution in [2.24, 2.45) is 0 Å². The smallest absolute Gasteiger partial charge is 0.158 e. The van der Waals surface area contributed by atoms with Gasteiger partial charge in [-0.2, -0.15) is 0 Å². The lowest BCUT2D eigenvalue weighted by molar-refractivity contribution is 0.485. The Hall–Kier alpha value is -1.29. The standard InChI is InChI=1S/C7H6N2OS/c8-4-1-2-5-7(6(4)10)11-3-9-5/h1-3,10H,8H2. The molecule has 56 valence electrons. The average molecular weight is 166 g/mol. The normalized spacial score (nSPS) is 10.5. The van der Waals surface area contributed by atoms with E-state index in [9.17, 15) is 5.11 Å². The van der Waals surface area contributed by atoms with Crippen LogP contribution in [0.3, 0.4) is 0 Å². The third-order valence-corrected chi connectivity index (χ3v) is 2.35. The van der Waals surface area contributed by atoms with Crippen LogP contribution < -0.4 is 5.73 Å². The minimum absolute atomic E-state index is 0.144. The molecular formula is C7H6N2OS. The minimum Gasteiger partial charge on any atom is -0.504 e. The van der Waals surface area contributed by atoms with Gasteiger partial charge < -0.3 is 10.8 Å². The fourth-order valence-corrected chi connectivity index (χ4v) is 1.67. The average Bonchev–Trinajstić information content (AvgIpc) is 2.45. The highest BCUT2D eigenvalue weighted by Gasteiger charge is 2.04. The highest BCUT2D eigenvalue weighted by molar-refractivity contribution is 7.17. The minimum atomic E-state index is 0.144. The van der Waals surface area contributed by atoms with Crippen molar-refractivity contribution in [2.75, 3.05) is 5.73 Å². The number of anilines is 1. The number of nitrogen functional groups attached to an aromatic ring is 1.